The quantitative estimate of drug-likeness (QED) is 0.767. The second kappa shape index (κ2) is 3.48. The highest BCUT2D eigenvalue weighted by atomic mass is 79.9. The number of carbonyl (C=O) groups is 1. The number of nitrogens with one attached hydrogen (secondary N) is 2. The van der Waals surface area contributed by atoms with E-state index in [9.17, 15) is 4.79 Å². The fourth-order valence-electron chi connectivity index (χ4n) is 2.41. The van der Waals surface area contributed by atoms with Crippen molar-refractivity contribution in [2.75, 3.05) is 17.2 Å². The third kappa shape index (κ3) is 1.36. The Morgan fingerprint density at radius 2 is 2.12 bits per heavy atom. The van der Waals surface area contributed by atoms with Crippen LogP contribution in [-0.2, 0) is 4.79 Å². The molecule has 0 unspecified atom stereocenters. The average molecular weight is 281 g/mol. The van der Waals surface area contributed by atoms with Crippen LogP contribution in [0.25, 0.3) is 0 Å². The Morgan fingerprint density at radius 3 is 2.81 bits per heavy atom. The standard InChI is InChI=1S/C12H13BrN2O/c13-8-3-1-4-9-10(8)14-7-12(5-2-6-12)11(16)15-9/h1,3-4,14H,2,5-7H2,(H,15,16). The van der Waals surface area contributed by atoms with E-state index in [2.05, 4.69) is 26.6 Å². The van der Waals surface area contributed by atoms with Crippen molar-refractivity contribution in [1.29, 1.82) is 0 Å². The maximum absolute atomic E-state index is 12.1. The number of para-hydroxylation sites is 1. The minimum Gasteiger partial charge on any atom is -0.381 e. The summed E-state index contributed by atoms with van der Waals surface area (Å²) >= 11 is 3.50. The summed E-state index contributed by atoms with van der Waals surface area (Å²) in [6, 6.07) is 5.85. The average Bonchev–Trinajstić information content (AvgIpc) is 2.34. The lowest BCUT2D eigenvalue weighted by molar-refractivity contribution is -0.129. The molecule has 1 aliphatic carbocycles. The second-order valence-corrected chi connectivity index (χ2v) is 5.46. The molecular formula is C12H13BrN2O. The van der Waals surface area contributed by atoms with Crippen molar-refractivity contribution in [3.05, 3.63) is 22.7 Å². The van der Waals surface area contributed by atoms with E-state index in [-0.39, 0.29) is 11.3 Å². The van der Waals surface area contributed by atoms with Gasteiger partial charge >= 0.3 is 0 Å². The fourth-order valence-corrected chi connectivity index (χ4v) is 2.91. The zero-order valence-electron chi connectivity index (χ0n) is 8.85. The van der Waals surface area contributed by atoms with Crippen LogP contribution in [0.15, 0.2) is 22.7 Å². The van der Waals surface area contributed by atoms with Crippen molar-refractivity contribution in [1.82, 2.24) is 0 Å². The van der Waals surface area contributed by atoms with Crippen LogP contribution in [0.1, 0.15) is 19.3 Å². The minimum absolute atomic E-state index is 0.168. The van der Waals surface area contributed by atoms with Gasteiger partial charge in [0.2, 0.25) is 5.91 Å². The molecule has 3 rings (SSSR count). The molecule has 1 amide bonds. The molecule has 2 N–H and O–H groups in total. The molecule has 4 heteroatoms. The summed E-state index contributed by atoms with van der Waals surface area (Å²) in [6.45, 7) is 0.744. The Hall–Kier alpha value is -1.03. The van der Waals surface area contributed by atoms with E-state index < -0.39 is 0 Å². The van der Waals surface area contributed by atoms with Gasteiger partial charge in [0.15, 0.2) is 0 Å². The highest BCUT2D eigenvalue weighted by molar-refractivity contribution is 9.10. The predicted octanol–water partition coefficient (Wildman–Crippen LogP) is 2.98. The molecule has 1 saturated carbocycles. The number of anilines is 2. The minimum atomic E-state index is -0.168. The molecule has 0 radical (unpaired) electrons. The Kier molecular flexibility index (Phi) is 2.21. The van der Waals surface area contributed by atoms with E-state index >= 15 is 0 Å². The SMILES string of the molecule is O=C1Nc2cccc(Br)c2NCC12CCC2. The van der Waals surface area contributed by atoms with Gasteiger partial charge in [0.05, 0.1) is 16.8 Å². The maximum Gasteiger partial charge on any atom is 0.232 e. The molecule has 1 spiro atoms. The third-order valence-corrected chi connectivity index (χ3v) is 4.32. The van der Waals surface area contributed by atoms with Crippen LogP contribution in [-0.4, -0.2) is 12.5 Å². The van der Waals surface area contributed by atoms with Crippen molar-refractivity contribution in [3.8, 4) is 0 Å². The molecule has 1 aliphatic heterocycles. The van der Waals surface area contributed by atoms with Crippen molar-refractivity contribution in [3.63, 3.8) is 0 Å². The number of hydrogen-bond donors (Lipinski definition) is 2. The van der Waals surface area contributed by atoms with Gasteiger partial charge in [-0.05, 0) is 40.9 Å². The van der Waals surface area contributed by atoms with Gasteiger partial charge in [-0.15, -0.1) is 0 Å². The van der Waals surface area contributed by atoms with Crippen LogP contribution in [0.2, 0.25) is 0 Å². The van der Waals surface area contributed by atoms with E-state index in [1.54, 1.807) is 0 Å². The number of carbonyl (C=O) groups excluding carboxylic acids is 1. The summed E-state index contributed by atoms with van der Waals surface area (Å²) in [5.74, 6) is 0.170. The first kappa shape index (κ1) is 10.1. The summed E-state index contributed by atoms with van der Waals surface area (Å²) in [5, 5.41) is 6.41. The van der Waals surface area contributed by atoms with E-state index in [0.717, 1.165) is 41.7 Å². The normalized spacial score (nSPS) is 21.4. The number of halogens is 1. The Balaban J connectivity index is 2.00. The second-order valence-electron chi connectivity index (χ2n) is 4.60. The molecule has 1 fully saturated rings. The van der Waals surface area contributed by atoms with E-state index in [1.165, 1.54) is 0 Å². The maximum atomic E-state index is 12.1. The zero-order chi connectivity index (χ0) is 11.2. The molecule has 1 heterocycles. The molecule has 84 valence electrons. The largest absolute Gasteiger partial charge is 0.381 e. The van der Waals surface area contributed by atoms with Crippen LogP contribution in [0.3, 0.4) is 0 Å². The van der Waals surface area contributed by atoms with Gasteiger partial charge in [-0.1, -0.05) is 12.5 Å². The molecule has 0 saturated heterocycles. The molecule has 0 atom stereocenters. The van der Waals surface area contributed by atoms with Crippen LogP contribution in [0.5, 0.6) is 0 Å². The van der Waals surface area contributed by atoms with Crippen LogP contribution >= 0.6 is 15.9 Å². The lowest BCUT2D eigenvalue weighted by atomic mass is 9.68. The molecule has 2 aliphatic rings. The van der Waals surface area contributed by atoms with Gasteiger partial charge in [-0.2, -0.15) is 0 Å². The van der Waals surface area contributed by atoms with Gasteiger partial charge in [0.1, 0.15) is 0 Å². The van der Waals surface area contributed by atoms with E-state index in [0.29, 0.717) is 0 Å². The summed E-state index contributed by atoms with van der Waals surface area (Å²) in [4.78, 5) is 12.1. The highest BCUT2D eigenvalue weighted by Crippen LogP contribution is 2.45. The Bertz CT molecular complexity index is 454. The van der Waals surface area contributed by atoms with E-state index in [1.807, 2.05) is 18.2 Å². The molecule has 3 nitrogen and oxygen atoms in total. The van der Waals surface area contributed by atoms with Crippen molar-refractivity contribution >= 4 is 33.2 Å². The van der Waals surface area contributed by atoms with Crippen LogP contribution < -0.4 is 10.6 Å². The molecular weight excluding hydrogens is 268 g/mol. The number of hydrogen-bond acceptors (Lipinski definition) is 2. The van der Waals surface area contributed by atoms with Gasteiger partial charge in [-0.25, -0.2) is 0 Å². The molecule has 0 bridgehead atoms. The number of amides is 1. The molecule has 1 aromatic carbocycles. The summed E-state index contributed by atoms with van der Waals surface area (Å²) in [7, 11) is 0. The first-order valence-electron chi connectivity index (χ1n) is 5.55. The highest BCUT2D eigenvalue weighted by Gasteiger charge is 2.45. The van der Waals surface area contributed by atoms with Gasteiger partial charge in [0, 0.05) is 11.0 Å². The first-order chi connectivity index (χ1) is 7.71. The van der Waals surface area contributed by atoms with E-state index in [4.69, 9.17) is 0 Å². The zero-order valence-corrected chi connectivity index (χ0v) is 10.4. The third-order valence-electron chi connectivity index (χ3n) is 3.66. The first-order valence-corrected chi connectivity index (χ1v) is 6.34. The summed E-state index contributed by atoms with van der Waals surface area (Å²) in [6.07, 6.45) is 3.15. The molecule has 0 aromatic heterocycles. The fraction of sp³-hybridized carbons (Fsp3) is 0.417. The number of fused-ring (bicyclic) bond motifs is 1. The van der Waals surface area contributed by atoms with Crippen molar-refractivity contribution in [2.24, 2.45) is 5.41 Å². The molecule has 16 heavy (non-hydrogen) atoms. The number of benzene rings is 1. The monoisotopic (exact) mass is 280 g/mol. The Labute approximate surface area is 103 Å². The van der Waals surface area contributed by atoms with Crippen LogP contribution in [0.4, 0.5) is 11.4 Å². The Morgan fingerprint density at radius 1 is 1.31 bits per heavy atom. The van der Waals surface area contributed by atoms with Gasteiger partial charge in [0.25, 0.3) is 0 Å². The summed E-state index contributed by atoms with van der Waals surface area (Å²) < 4.78 is 1.00. The smallest absolute Gasteiger partial charge is 0.232 e. The van der Waals surface area contributed by atoms with Gasteiger partial charge in [-0.3, -0.25) is 4.79 Å². The predicted molar refractivity (Wildman–Crippen MR) is 67.5 cm³/mol. The van der Waals surface area contributed by atoms with Crippen molar-refractivity contribution < 1.29 is 4.79 Å². The lowest BCUT2D eigenvalue weighted by Gasteiger charge is -2.38. The molecule has 1 aromatic rings. The topological polar surface area (TPSA) is 41.1 Å². The van der Waals surface area contributed by atoms with Crippen molar-refractivity contribution in [2.45, 2.75) is 19.3 Å². The van der Waals surface area contributed by atoms with Crippen LogP contribution in [0, 0.1) is 5.41 Å². The number of rotatable bonds is 0. The lowest BCUT2D eigenvalue weighted by Crippen LogP contribution is -2.45. The van der Waals surface area contributed by atoms with Gasteiger partial charge < -0.3 is 10.6 Å². The summed E-state index contributed by atoms with van der Waals surface area (Å²) in [5.41, 5.74) is 1.71.